The minimum atomic E-state index is -0.379. The van der Waals surface area contributed by atoms with Gasteiger partial charge in [-0.15, -0.1) is 0 Å². The average Bonchev–Trinajstić information content (AvgIpc) is 2.71. The predicted molar refractivity (Wildman–Crippen MR) is 81.4 cm³/mol. The van der Waals surface area contributed by atoms with Crippen LogP contribution in [0.25, 0.3) is 0 Å². The number of carbonyl (C=O) groups is 1. The molecule has 0 amide bonds. The molecule has 1 atom stereocenters. The van der Waals surface area contributed by atoms with Gasteiger partial charge in [0.05, 0.1) is 5.92 Å². The molecule has 3 heteroatoms. The molecule has 0 aromatic rings. The van der Waals surface area contributed by atoms with Gasteiger partial charge in [0.1, 0.15) is 5.60 Å². The largest absolute Gasteiger partial charge is 0.460 e. The van der Waals surface area contributed by atoms with Crippen molar-refractivity contribution in [3.63, 3.8) is 0 Å². The van der Waals surface area contributed by atoms with E-state index in [0.29, 0.717) is 0 Å². The van der Waals surface area contributed by atoms with Gasteiger partial charge in [-0.1, -0.05) is 13.8 Å². The Bertz CT molecular complexity index is 348. The Morgan fingerprint density at radius 3 is 2.35 bits per heavy atom. The van der Waals surface area contributed by atoms with Crippen molar-refractivity contribution in [1.82, 2.24) is 5.32 Å². The lowest BCUT2D eigenvalue weighted by atomic mass is 9.63. The van der Waals surface area contributed by atoms with Crippen LogP contribution in [0.5, 0.6) is 0 Å². The van der Waals surface area contributed by atoms with Gasteiger partial charge < -0.3 is 10.1 Å². The number of esters is 1. The molecule has 0 aromatic carbocycles. The fourth-order valence-electron chi connectivity index (χ4n) is 3.92. The summed E-state index contributed by atoms with van der Waals surface area (Å²) in [6.45, 7) is 12.3. The summed E-state index contributed by atoms with van der Waals surface area (Å²) < 4.78 is 5.64. The molecule has 1 saturated heterocycles. The molecule has 20 heavy (non-hydrogen) atoms. The second kappa shape index (κ2) is 5.67. The van der Waals surface area contributed by atoms with E-state index in [0.717, 1.165) is 24.9 Å². The smallest absolute Gasteiger partial charge is 0.311 e. The maximum absolute atomic E-state index is 12.5. The lowest BCUT2D eigenvalue weighted by Crippen LogP contribution is -2.41. The van der Waals surface area contributed by atoms with Crippen LogP contribution in [0.3, 0.4) is 0 Å². The van der Waals surface area contributed by atoms with Crippen LogP contribution < -0.4 is 5.32 Å². The average molecular weight is 281 g/mol. The van der Waals surface area contributed by atoms with Crippen molar-refractivity contribution in [2.45, 2.75) is 65.9 Å². The SMILES string of the molecule is CC(C)C1CCC2(CC1)CNCC2C(=O)OC(C)(C)C. The zero-order valence-corrected chi connectivity index (χ0v) is 13.8. The summed E-state index contributed by atoms with van der Waals surface area (Å²) in [5, 5.41) is 3.44. The minimum Gasteiger partial charge on any atom is -0.460 e. The molecule has 1 aliphatic carbocycles. The lowest BCUT2D eigenvalue weighted by Gasteiger charge is -2.41. The first-order chi connectivity index (χ1) is 9.23. The molecule has 116 valence electrons. The fourth-order valence-corrected chi connectivity index (χ4v) is 3.92. The normalized spacial score (nSPS) is 34.7. The van der Waals surface area contributed by atoms with Crippen LogP contribution in [0.4, 0.5) is 0 Å². The topological polar surface area (TPSA) is 38.3 Å². The van der Waals surface area contributed by atoms with Gasteiger partial charge in [0.2, 0.25) is 0 Å². The highest BCUT2D eigenvalue weighted by Gasteiger charge is 2.49. The summed E-state index contributed by atoms with van der Waals surface area (Å²) in [5.74, 6) is 1.66. The van der Waals surface area contributed by atoms with Gasteiger partial charge in [0.15, 0.2) is 0 Å². The van der Waals surface area contributed by atoms with E-state index in [1.54, 1.807) is 0 Å². The monoisotopic (exact) mass is 281 g/mol. The first kappa shape index (κ1) is 15.8. The molecule has 2 aliphatic rings. The Kier molecular flexibility index (Phi) is 4.48. The molecule has 2 fully saturated rings. The summed E-state index contributed by atoms with van der Waals surface area (Å²) in [6.07, 6.45) is 4.87. The van der Waals surface area contributed by atoms with Crippen molar-refractivity contribution in [3.05, 3.63) is 0 Å². The maximum Gasteiger partial charge on any atom is 0.311 e. The molecular weight excluding hydrogens is 250 g/mol. The molecule has 1 aliphatic heterocycles. The van der Waals surface area contributed by atoms with Crippen molar-refractivity contribution >= 4 is 5.97 Å². The predicted octanol–water partition coefficient (Wildman–Crippen LogP) is 3.38. The molecule has 0 radical (unpaired) electrons. The molecule has 1 N–H and O–H groups in total. The Morgan fingerprint density at radius 2 is 1.85 bits per heavy atom. The summed E-state index contributed by atoms with van der Waals surface area (Å²) in [6, 6.07) is 0. The van der Waals surface area contributed by atoms with Gasteiger partial charge in [0.25, 0.3) is 0 Å². The van der Waals surface area contributed by atoms with Gasteiger partial charge >= 0.3 is 5.97 Å². The van der Waals surface area contributed by atoms with E-state index in [4.69, 9.17) is 4.74 Å². The summed E-state index contributed by atoms with van der Waals surface area (Å²) in [4.78, 5) is 12.5. The van der Waals surface area contributed by atoms with E-state index < -0.39 is 0 Å². The molecule has 0 bridgehead atoms. The van der Waals surface area contributed by atoms with Crippen molar-refractivity contribution in [1.29, 1.82) is 0 Å². The highest BCUT2D eigenvalue weighted by Crippen LogP contribution is 2.48. The molecule has 3 nitrogen and oxygen atoms in total. The van der Waals surface area contributed by atoms with E-state index in [-0.39, 0.29) is 22.9 Å². The van der Waals surface area contributed by atoms with Crippen LogP contribution >= 0.6 is 0 Å². The molecular formula is C17H31NO2. The highest BCUT2D eigenvalue weighted by atomic mass is 16.6. The molecule has 1 spiro atoms. The van der Waals surface area contributed by atoms with E-state index >= 15 is 0 Å². The molecule has 1 saturated carbocycles. The molecule has 1 heterocycles. The third-order valence-corrected chi connectivity index (χ3v) is 5.22. The first-order valence-electron chi connectivity index (χ1n) is 8.17. The van der Waals surface area contributed by atoms with Crippen molar-refractivity contribution < 1.29 is 9.53 Å². The van der Waals surface area contributed by atoms with E-state index in [2.05, 4.69) is 19.2 Å². The highest BCUT2D eigenvalue weighted by molar-refractivity contribution is 5.74. The molecule has 1 unspecified atom stereocenters. The fraction of sp³-hybridized carbons (Fsp3) is 0.941. The maximum atomic E-state index is 12.5. The van der Waals surface area contributed by atoms with Crippen LogP contribution in [-0.4, -0.2) is 24.7 Å². The Morgan fingerprint density at radius 1 is 1.25 bits per heavy atom. The van der Waals surface area contributed by atoms with Crippen LogP contribution in [-0.2, 0) is 9.53 Å². The second-order valence-electron chi connectivity index (χ2n) is 8.16. The number of hydrogen-bond acceptors (Lipinski definition) is 3. The standard InChI is InChI=1S/C17H31NO2/c1-12(2)13-6-8-17(9-7-13)11-18-10-14(17)15(19)20-16(3,4)5/h12-14,18H,6-11H2,1-5H3. The van der Waals surface area contributed by atoms with E-state index in [1.165, 1.54) is 25.7 Å². The minimum absolute atomic E-state index is 0.00509. The first-order valence-corrected chi connectivity index (χ1v) is 8.17. The number of carbonyl (C=O) groups excluding carboxylic acids is 1. The lowest BCUT2D eigenvalue weighted by molar-refractivity contribution is -0.164. The molecule has 0 aromatic heterocycles. The Hall–Kier alpha value is -0.570. The van der Waals surface area contributed by atoms with Crippen molar-refractivity contribution in [3.8, 4) is 0 Å². The number of rotatable bonds is 2. The van der Waals surface area contributed by atoms with Crippen LogP contribution in [0.15, 0.2) is 0 Å². The number of hydrogen-bond donors (Lipinski definition) is 1. The van der Waals surface area contributed by atoms with E-state index in [9.17, 15) is 4.79 Å². The number of nitrogens with one attached hydrogen (secondary N) is 1. The second-order valence-corrected chi connectivity index (χ2v) is 8.16. The van der Waals surface area contributed by atoms with Gasteiger partial charge in [0, 0.05) is 13.1 Å². The van der Waals surface area contributed by atoms with E-state index in [1.807, 2.05) is 20.8 Å². The number of ether oxygens (including phenoxy) is 1. The van der Waals surface area contributed by atoms with Crippen molar-refractivity contribution in [2.75, 3.05) is 13.1 Å². The third-order valence-electron chi connectivity index (χ3n) is 5.22. The van der Waals surface area contributed by atoms with Gasteiger partial charge in [-0.2, -0.15) is 0 Å². The Labute approximate surface area is 123 Å². The van der Waals surface area contributed by atoms with Crippen LogP contribution in [0.1, 0.15) is 60.3 Å². The summed E-state index contributed by atoms with van der Waals surface area (Å²) >= 11 is 0. The third kappa shape index (κ3) is 3.36. The van der Waals surface area contributed by atoms with Gasteiger partial charge in [-0.05, 0) is 63.7 Å². The van der Waals surface area contributed by atoms with Crippen LogP contribution in [0, 0.1) is 23.2 Å². The molecule has 2 rings (SSSR count). The van der Waals surface area contributed by atoms with Gasteiger partial charge in [-0.3, -0.25) is 4.79 Å². The quantitative estimate of drug-likeness (QED) is 0.789. The van der Waals surface area contributed by atoms with Crippen molar-refractivity contribution in [2.24, 2.45) is 23.2 Å². The zero-order valence-electron chi connectivity index (χ0n) is 13.8. The van der Waals surface area contributed by atoms with Gasteiger partial charge in [-0.25, -0.2) is 0 Å². The zero-order chi connectivity index (χ0) is 15.0. The Balaban J connectivity index is 2.02. The summed E-state index contributed by atoms with van der Waals surface area (Å²) in [5.41, 5.74) is -0.219. The van der Waals surface area contributed by atoms with Crippen LogP contribution in [0.2, 0.25) is 0 Å². The summed E-state index contributed by atoms with van der Waals surface area (Å²) in [7, 11) is 0.